The van der Waals surface area contributed by atoms with Crippen molar-refractivity contribution in [1.29, 1.82) is 0 Å². The number of nitrogens with one attached hydrogen (secondary N) is 1. The fourth-order valence-corrected chi connectivity index (χ4v) is 2.00. The van der Waals surface area contributed by atoms with Crippen molar-refractivity contribution in [3.63, 3.8) is 0 Å². The maximum Gasteiger partial charge on any atom is 0.328 e. The largest absolute Gasteiger partial charge is 0.464 e. The molecule has 0 bridgehead atoms. The Labute approximate surface area is 95.8 Å². The van der Waals surface area contributed by atoms with Gasteiger partial charge in [-0.15, -0.1) is 0 Å². The van der Waals surface area contributed by atoms with Crippen LogP contribution in [-0.2, 0) is 22.4 Å². The van der Waals surface area contributed by atoms with Crippen molar-refractivity contribution in [2.24, 2.45) is 0 Å². The van der Waals surface area contributed by atoms with E-state index >= 15 is 0 Å². The van der Waals surface area contributed by atoms with Gasteiger partial charge < -0.3 is 10.1 Å². The van der Waals surface area contributed by atoms with E-state index in [4.69, 9.17) is 4.74 Å². The minimum absolute atomic E-state index is 0.156. The Balaban J connectivity index is 2.11. The number of ether oxygens (including phenoxy) is 1. The van der Waals surface area contributed by atoms with Crippen molar-refractivity contribution >= 4 is 11.7 Å². The average molecular weight is 219 g/mol. The summed E-state index contributed by atoms with van der Waals surface area (Å²) in [5.74, 6) is -0.156. The fourth-order valence-electron chi connectivity index (χ4n) is 2.00. The fraction of sp³-hybridized carbons (Fsp3) is 0.462. The highest BCUT2D eigenvalue weighted by molar-refractivity contribution is 5.83. The molecule has 0 saturated carbocycles. The molecule has 2 rings (SSSR count). The summed E-state index contributed by atoms with van der Waals surface area (Å²) < 4.78 is 5.01. The minimum Gasteiger partial charge on any atom is -0.464 e. The standard InChI is InChI=1S/C13H17NO2/c1-3-9-5-6-10-8-12(13(15)16-4-2)14-11(10)7-9/h5-7,12,14H,3-4,8H2,1-2H3/t12-/m0/s1. The third kappa shape index (κ3) is 2.03. The molecular formula is C13H17NO2. The lowest BCUT2D eigenvalue weighted by Crippen LogP contribution is -2.28. The first-order valence-electron chi connectivity index (χ1n) is 5.79. The summed E-state index contributed by atoms with van der Waals surface area (Å²) in [6.45, 7) is 4.39. The molecule has 16 heavy (non-hydrogen) atoms. The molecule has 86 valence electrons. The van der Waals surface area contributed by atoms with E-state index in [0.717, 1.165) is 18.5 Å². The van der Waals surface area contributed by atoms with Crippen LogP contribution in [0.4, 0.5) is 5.69 Å². The summed E-state index contributed by atoms with van der Waals surface area (Å²) in [5.41, 5.74) is 3.57. The molecule has 1 heterocycles. The number of anilines is 1. The van der Waals surface area contributed by atoms with Crippen LogP contribution in [0.25, 0.3) is 0 Å². The van der Waals surface area contributed by atoms with Crippen LogP contribution in [0.2, 0.25) is 0 Å². The normalized spacial score (nSPS) is 17.8. The quantitative estimate of drug-likeness (QED) is 0.792. The van der Waals surface area contributed by atoms with Crippen LogP contribution in [0.3, 0.4) is 0 Å². The topological polar surface area (TPSA) is 38.3 Å². The Kier molecular flexibility index (Phi) is 3.13. The molecule has 0 amide bonds. The highest BCUT2D eigenvalue weighted by atomic mass is 16.5. The summed E-state index contributed by atoms with van der Waals surface area (Å²) in [7, 11) is 0. The van der Waals surface area contributed by atoms with E-state index in [2.05, 4.69) is 30.4 Å². The smallest absolute Gasteiger partial charge is 0.328 e. The first-order valence-corrected chi connectivity index (χ1v) is 5.79. The average Bonchev–Trinajstić information content (AvgIpc) is 2.71. The van der Waals surface area contributed by atoms with E-state index in [0.29, 0.717) is 6.61 Å². The van der Waals surface area contributed by atoms with E-state index in [-0.39, 0.29) is 12.0 Å². The van der Waals surface area contributed by atoms with Crippen molar-refractivity contribution in [3.05, 3.63) is 29.3 Å². The number of carbonyl (C=O) groups is 1. The lowest BCUT2D eigenvalue weighted by molar-refractivity contribution is -0.143. The third-order valence-electron chi connectivity index (χ3n) is 2.91. The molecule has 0 radical (unpaired) electrons. The molecule has 0 aliphatic carbocycles. The van der Waals surface area contributed by atoms with Crippen LogP contribution >= 0.6 is 0 Å². The predicted octanol–water partition coefficient (Wildman–Crippen LogP) is 2.15. The number of aryl methyl sites for hydroxylation is 1. The monoisotopic (exact) mass is 219 g/mol. The molecule has 1 N–H and O–H groups in total. The van der Waals surface area contributed by atoms with Gasteiger partial charge in [-0.25, -0.2) is 4.79 Å². The Morgan fingerprint density at radius 1 is 1.50 bits per heavy atom. The Hall–Kier alpha value is -1.51. The minimum atomic E-state index is -0.206. The van der Waals surface area contributed by atoms with Crippen LogP contribution in [0.1, 0.15) is 25.0 Å². The highest BCUT2D eigenvalue weighted by Crippen LogP contribution is 2.27. The summed E-state index contributed by atoms with van der Waals surface area (Å²) in [5, 5.41) is 3.22. The van der Waals surface area contributed by atoms with Crippen LogP contribution < -0.4 is 5.32 Å². The summed E-state index contributed by atoms with van der Waals surface area (Å²) in [6, 6.07) is 6.13. The SMILES string of the molecule is CCOC(=O)[C@@H]1Cc2ccc(CC)cc2N1. The molecule has 1 aliphatic rings. The zero-order valence-corrected chi connectivity index (χ0v) is 9.75. The van der Waals surface area contributed by atoms with Gasteiger partial charge >= 0.3 is 5.97 Å². The van der Waals surface area contributed by atoms with Gasteiger partial charge in [0.1, 0.15) is 6.04 Å². The molecule has 0 fully saturated rings. The first-order chi connectivity index (χ1) is 7.74. The van der Waals surface area contributed by atoms with Crippen molar-refractivity contribution in [2.75, 3.05) is 11.9 Å². The second-order valence-electron chi connectivity index (χ2n) is 4.00. The van der Waals surface area contributed by atoms with E-state index in [9.17, 15) is 4.79 Å². The second kappa shape index (κ2) is 4.56. The molecule has 0 spiro atoms. The van der Waals surface area contributed by atoms with Gasteiger partial charge in [-0.2, -0.15) is 0 Å². The van der Waals surface area contributed by atoms with Crippen molar-refractivity contribution in [3.8, 4) is 0 Å². The van der Waals surface area contributed by atoms with Gasteiger partial charge in [0.15, 0.2) is 0 Å². The molecule has 0 saturated heterocycles. The molecule has 3 nitrogen and oxygen atoms in total. The van der Waals surface area contributed by atoms with Gasteiger partial charge in [0.05, 0.1) is 6.61 Å². The zero-order chi connectivity index (χ0) is 11.5. The van der Waals surface area contributed by atoms with Crippen molar-refractivity contribution in [1.82, 2.24) is 0 Å². The summed E-state index contributed by atoms with van der Waals surface area (Å²) in [6.07, 6.45) is 1.75. The van der Waals surface area contributed by atoms with Crippen molar-refractivity contribution in [2.45, 2.75) is 32.7 Å². The summed E-state index contributed by atoms with van der Waals surface area (Å²) >= 11 is 0. The molecule has 0 aromatic heterocycles. The molecule has 1 aromatic carbocycles. The first kappa shape index (κ1) is 11.0. The van der Waals surface area contributed by atoms with Crippen LogP contribution in [0.15, 0.2) is 18.2 Å². The number of hydrogen-bond acceptors (Lipinski definition) is 3. The zero-order valence-electron chi connectivity index (χ0n) is 9.75. The molecule has 1 aromatic rings. The third-order valence-corrected chi connectivity index (χ3v) is 2.91. The van der Waals surface area contributed by atoms with E-state index in [1.165, 1.54) is 11.1 Å². The van der Waals surface area contributed by atoms with Crippen LogP contribution in [0.5, 0.6) is 0 Å². The maximum atomic E-state index is 11.6. The predicted molar refractivity (Wildman–Crippen MR) is 63.6 cm³/mol. The van der Waals surface area contributed by atoms with Crippen molar-refractivity contribution < 1.29 is 9.53 Å². The number of benzene rings is 1. The second-order valence-corrected chi connectivity index (χ2v) is 4.00. The van der Waals surface area contributed by atoms with Gasteiger partial charge in [0.25, 0.3) is 0 Å². The molecule has 1 atom stereocenters. The van der Waals surface area contributed by atoms with Gasteiger partial charge in [-0.3, -0.25) is 0 Å². The summed E-state index contributed by atoms with van der Waals surface area (Å²) in [4.78, 5) is 11.6. The van der Waals surface area contributed by atoms with E-state index in [1.54, 1.807) is 0 Å². The van der Waals surface area contributed by atoms with Gasteiger partial charge in [-0.1, -0.05) is 19.1 Å². The molecular weight excluding hydrogens is 202 g/mol. The number of hydrogen-bond donors (Lipinski definition) is 1. The number of esters is 1. The van der Waals surface area contributed by atoms with Crippen LogP contribution in [-0.4, -0.2) is 18.6 Å². The lowest BCUT2D eigenvalue weighted by atomic mass is 10.1. The van der Waals surface area contributed by atoms with Gasteiger partial charge in [-0.05, 0) is 30.5 Å². The number of fused-ring (bicyclic) bond motifs is 1. The molecule has 0 unspecified atom stereocenters. The number of rotatable bonds is 3. The van der Waals surface area contributed by atoms with Gasteiger partial charge in [0, 0.05) is 12.1 Å². The lowest BCUT2D eigenvalue weighted by Gasteiger charge is -2.09. The van der Waals surface area contributed by atoms with E-state index < -0.39 is 0 Å². The molecule has 3 heteroatoms. The van der Waals surface area contributed by atoms with Gasteiger partial charge in [0.2, 0.25) is 0 Å². The maximum absolute atomic E-state index is 11.6. The highest BCUT2D eigenvalue weighted by Gasteiger charge is 2.27. The van der Waals surface area contributed by atoms with E-state index in [1.807, 2.05) is 6.92 Å². The molecule has 1 aliphatic heterocycles. The Bertz CT molecular complexity index is 401. The van der Waals surface area contributed by atoms with Crippen LogP contribution in [0, 0.1) is 0 Å². The Morgan fingerprint density at radius 2 is 2.31 bits per heavy atom. The number of carbonyl (C=O) groups excluding carboxylic acids is 1. The Morgan fingerprint density at radius 3 is 3.00 bits per heavy atom.